The minimum Gasteiger partial charge on any atom is -0.481 e. The molecule has 0 unspecified atom stereocenters. The first-order chi connectivity index (χ1) is 21.7. The van der Waals surface area contributed by atoms with Crippen molar-refractivity contribution in [2.24, 2.45) is 14.1 Å². The summed E-state index contributed by atoms with van der Waals surface area (Å²) in [7, 11) is 3.88. The van der Waals surface area contributed by atoms with Gasteiger partial charge in [-0.2, -0.15) is 0 Å². The normalized spacial score (nSPS) is 11.2. The highest BCUT2D eigenvalue weighted by atomic mass is 35.5. The van der Waals surface area contributed by atoms with Crippen molar-refractivity contribution in [2.45, 2.75) is 38.5 Å². The van der Waals surface area contributed by atoms with Crippen LogP contribution in [0.1, 0.15) is 37.3 Å². The largest absolute Gasteiger partial charge is 0.481 e. The van der Waals surface area contributed by atoms with Crippen molar-refractivity contribution >= 4 is 69.4 Å². The first-order valence-corrected chi connectivity index (χ1v) is 15.8. The van der Waals surface area contributed by atoms with Crippen LogP contribution in [0.2, 0.25) is 0 Å². The summed E-state index contributed by atoms with van der Waals surface area (Å²) in [5.74, 6) is 1.05. The molecule has 0 atom stereocenters. The molecular formula is C32H44Cl2N6O6. The third kappa shape index (κ3) is 9.47. The molecule has 4 rings (SSSR count). The van der Waals surface area contributed by atoms with Crippen LogP contribution in [0.25, 0.3) is 22.1 Å². The Morgan fingerprint density at radius 2 is 1.30 bits per heavy atom. The number of aryl methyl sites for hydroxylation is 4. The summed E-state index contributed by atoms with van der Waals surface area (Å²) in [5, 5.41) is 28.0. The van der Waals surface area contributed by atoms with E-state index in [9.17, 15) is 19.8 Å². The topological polar surface area (TPSA) is 146 Å². The maximum absolute atomic E-state index is 12.5. The average molecular weight is 680 g/mol. The molecule has 0 aliphatic rings. The highest BCUT2D eigenvalue weighted by molar-refractivity contribution is 6.18. The van der Waals surface area contributed by atoms with Gasteiger partial charge < -0.3 is 39.0 Å². The number of rotatable bonds is 19. The molecule has 14 heteroatoms. The Balaban J connectivity index is 0.00000576. The van der Waals surface area contributed by atoms with Gasteiger partial charge in [0.2, 0.25) is 0 Å². The summed E-state index contributed by atoms with van der Waals surface area (Å²) >= 11 is 5.94. The molecule has 0 spiro atoms. The first kappa shape index (κ1) is 36.9. The molecule has 0 radical (unpaired) electrons. The SMILES string of the molecule is Cl.Cn1c(CCCC(=O)O)nc2cc(N(CCO)CCOC(=O)CCCc3nc4cc(N(CCO)CCCl)ccc4n3C)ccc21. The van der Waals surface area contributed by atoms with Crippen LogP contribution < -0.4 is 9.80 Å². The van der Waals surface area contributed by atoms with Gasteiger partial charge in [-0.1, -0.05) is 0 Å². The van der Waals surface area contributed by atoms with Crippen molar-refractivity contribution in [1.29, 1.82) is 0 Å². The number of hydrogen-bond donors (Lipinski definition) is 3. The van der Waals surface area contributed by atoms with Gasteiger partial charge in [-0.15, -0.1) is 24.0 Å². The van der Waals surface area contributed by atoms with Crippen LogP contribution in [0.5, 0.6) is 0 Å². The van der Waals surface area contributed by atoms with Crippen LogP contribution >= 0.6 is 24.0 Å². The molecule has 4 aromatic rings. The standard InChI is InChI=1S/C32H43ClN6O6.ClH/c1-36-28-12-10-24(22-26(28)34-29(36)5-3-7-31(42)43)39(16-19-41)17-20-45-32(44)8-4-6-30-35-25-21-23(9-11-27(25)37(30)2)38(14-13-33)15-18-40;/h9-12,21-22,40-41H,3-8,13-20H2,1-2H3,(H,42,43);1H. The summed E-state index contributed by atoms with van der Waals surface area (Å²) in [5.41, 5.74) is 5.39. The van der Waals surface area contributed by atoms with Gasteiger partial charge in [-0.3, -0.25) is 9.59 Å². The fourth-order valence-electron chi connectivity index (χ4n) is 5.53. The molecule has 0 bridgehead atoms. The van der Waals surface area contributed by atoms with Crippen LogP contribution in [0, 0.1) is 0 Å². The molecule has 0 aliphatic heterocycles. The van der Waals surface area contributed by atoms with E-state index >= 15 is 0 Å². The maximum Gasteiger partial charge on any atom is 0.305 e. The van der Waals surface area contributed by atoms with Gasteiger partial charge in [0.05, 0.1) is 41.8 Å². The second kappa shape index (κ2) is 17.9. The summed E-state index contributed by atoms with van der Waals surface area (Å²) in [6.45, 7) is 2.08. The lowest BCUT2D eigenvalue weighted by molar-refractivity contribution is -0.143. The van der Waals surface area contributed by atoms with Gasteiger partial charge in [0.25, 0.3) is 0 Å². The summed E-state index contributed by atoms with van der Waals surface area (Å²) in [4.78, 5) is 36.9. The lowest BCUT2D eigenvalue weighted by Crippen LogP contribution is -2.31. The number of aliphatic hydroxyl groups is 2. The van der Waals surface area contributed by atoms with Crippen LogP contribution in [-0.4, -0.2) is 98.2 Å². The van der Waals surface area contributed by atoms with Crippen molar-refractivity contribution in [3.63, 3.8) is 0 Å². The number of imidazole rings is 2. The number of carboxylic acids is 1. The van der Waals surface area contributed by atoms with E-state index in [1.807, 2.05) is 69.4 Å². The average Bonchev–Trinajstić information content (AvgIpc) is 3.50. The Morgan fingerprint density at radius 1 is 0.804 bits per heavy atom. The number of benzene rings is 2. The Kier molecular flexibility index (Phi) is 14.4. The number of halogens is 2. The van der Waals surface area contributed by atoms with E-state index in [4.69, 9.17) is 31.4 Å². The summed E-state index contributed by atoms with van der Waals surface area (Å²) < 4.78 is 9.54. The Morgan fingerprint density at radius 3 is 1.78 bits per heavy atom. The maximum atomic E-state index is 12.5. The third-order valence-corrected chi connectivity index (χ3v) is 8.10. The predicted molar refractivity (Wildman–Crippen MR) is 182 cm³/mol. The Labute approximate surface area is 279 Å². The van der Waals surface area contributed by atoms with Crippen molar-refractivity contribution in [2.75, 3.05) is 61.7 Å². The number of nitrogens with zero attached hydrogens (tertiary/aromatic N) is 6. The van der Waals surface area contributed by atoms with E-state index in [1.54, 1.807) is 0 Å². The van der Waals surface area contributed by atoms with Crippen molar-refractivity contribution < 1.29 is 29.6 Å². The van der Waals surface area contributed by atoms with Gasteiger partial charge in [0, 0.05) is 76.7 Å². The predicted octanol–water partition coefficient (Wildman–Crippen LogP) is 3.69. The molecule has 12 nitrogen and oxygen atoms in total. The van der Waals surface area contributed by atoms with E-state index in [0.717, 1.165) is 45.1 Å². The van der Waals surface area contributed by atoms with E-state index in [2.05, 4.69) is 0 Å². The number of hydrogen-bond acceptors (Lipinski definition) is 9. The zero-order valence-electron chi connectivity index (χ0n) is 26.4. The first-order valence-electron chi connectivity index (χ1n) is 15.3. The third-order valence-electron chi connectivity index (χ3n) is 7.94. The molecular weight excluding hydrogens is 635 g/mol. The molecule has 0 fully saturated rings. The summed E-state index contributed by atoms with van der Waals surface area (Å²) in [6, 6.07) is 11.9. The molecule has 0 amide bonds. The molecule has 3 N–H and O–H groups in total. The fraction of sp³-hybridized carbons (Fsp3) is 0.500. The van der Waals surface area contributed by atoms with Crippen LogP contribution in [0.3, 0.4) is 0 Å². The molecule has 252 valence electrons. The minimum absolute atomic E-state index is 0. The number of carboxylic acid groups (broad SMARTS) is 1. The summed E-state index contributed by atoms with van der Waals surface area (Å²) in [6.07, 6.45) is 2.66. The highest BCUT2D eigenvalue weighted by Gasteiger charge is 2.15. The molecule has 0 aliphatic carbocycles. The number of carbonyl (C=O) groups excluding carboxylic acids is 1. The lowest BCUT2D eigenvalue weighted by atomic mass is 10.2. The van der Waals surface area contributed by atoms with E-state index in [0.29, 0.717) is 57.7 Å². The van der Waals surface area contributed by atoms with Crippen LogP contribution in [0.4, 0.5) is 11.4 Å². The monoisotopic (exact) mass is 678 g/mol. The molecule has 46 heavy (non-hydrogen) atoms. The zero-order chi connectivity index (χ0) is 32.3. The van der Waals surface area contributed by atoms with Gasteiger partial charge in [0.15, 0.2) is 0 Å². The van der Waals surface area contributed by atoms with Gasteiger partial charge in [-0.05, 0) is 49.2 Å². The van der Waals surface area contributed by atoms with Crippen LogP contribution in [0.15, 0.2) is 36.4 Å². The number of aliphatic hydroxyl groups excluding tert-OH is 2. The fourth-order valence-corrected chi connectivity index (χ4v) is 5.73. The second-order valence-electron chi connectivity index (χ2n) is 11.0. The number of alkyl halides is 1. The molecule has 0 saturated carbocycles. The number of ether oxygens (including phenoxy) is 1. The minimum atomic E-state index is -0.821. The van der Waals surface area contributed by atoms with Crippen molar-refractivity contribution in [3.8, 4) is 0 Å². The highest BCUT2D eigenvalue weighted by Crippen LogP contribution is 2.25. The van der Waals surface area contributed by atoms with E-state index in [1.165, 1.54) is 0 Å². The molecule has 2 aromatic carbocycles. The lowest BCUT2D eigenvalue weighted by Gasteiger charge is -2.23. The van der Waals surface area contributed by atoms with Crippen molar-refractivity contribution in [3.05, 3.63) is 48.0 Å². The Hall–Kier alpha value is -3.58. The number of aliphatic carboxylic acids is 1. The van der Waals surface area contributed by atoms with E-state index in [-0.39, 0.29) is 51.0 Å². The van der Waals surface area contributed by atoms with Gasteiger partial charge in [-0.25, -0.2) is 9.97 Å². The number of fused-ring (bicyclic) bond motifs is 2. The zero-order valence-corrected chi connectivity index (χ0v) is 28.0. The van der Waals surface area contributed by atoms with E-state index < -0.39 is 5.97 Å². The van der Waals surface area contributed by atoms with Crippen molar-refractivity contribution in [1.82, 2.24) is 19.1 Å². The smallest absolute Gasteiger partial charge is 0.305 e. The number of anilines is 2. The van der Waals surface area contributed by atoms with Gasteiger partial charge >= 0.3 is 11.9 Å². The quantitative estimate of drug-likeness (QED) is 0.0991. The molecule has 2 aromatic heterocycles. The molecule has 0 saturated heterocycles. The Bertz CT molecular complexity index is 1590. The molecule has 2 heterocycles. The number of carbonyl (C=O) groups is 2. The second-order valence-corrected chi connectivity index (χ2v) is 11.3. The van der Waals surface area contributed by atoms with Crippen LogP contribution in [-0.2, 0) is 41.3 Å². The number of esters is 1. The number of aromatic nitrogens is 4. The van der Waals surface area contributed by atoms with Gasteiger partial charge in [0.1, 0.15) is 18.3 Å².